The number of hydrogen-bond donors (Lipinski definition) is 0. The summed E-state index contributed by atoms with van der Waals surface area (Å²) in [5, 5.41) is 0. The third-order valence-electron chi connectivity index (χ3n) is 2.31. The predicted octanol–water partition coefficient (Wildman–Crippen LogP) is 0.337. The molecule has 1 aliphatic rings. The van der Waals surface area contributed by atoms with Gasteiger partial charge in [0, 0.05) is 25.5 Å². The Bertz CT molecular complexity index is 342. The molecule has 0 aromatic carbocycles. The maximum atomic E-state index is 11.9. The molecule has 1 aromatic rings. The zero-order valence-electron chi connectivity index (χ0n) is 8.59. The third kappa shape index (κ3) is 2.30. The number of ether oxygens (including phenoxy) is 1. The Morgan fingerprint density at radius 2 is 2.47 bits per heavy atom. The van der Waals surface area contributed by atoms with Crippen molar-refractivity contribution in [2.45, 2.75) is 13.0 Å². The number of aromatic nitrogens is 2. The van der Waals surface area contributed by atoms with E-state index >= 15 is 0 Å². The van der Waals surface area contributed by atoms with Crippen LogP contribution in [0.1, 0.15) is 17.4 Å². The number of nitrogens with zero attached hydrogens (tertiary/aromatic N) is 3. The van der Waals surface area contributed by atoms with Crippen molar-refractivity contribution in [1.82, 2.24) is 14.9 Å². The monoisotopic (exact) mass is 207 g/mol. The minimum Gasteiger partial charge on any atom is -0.375 e. The van der Waals surface area contributed by atoms with Gasteiger partial charge in [0.25, 0.3) is 5.91 Å². The van der Waals surface area contributed by atoms with Crippen molar-refractivity contribution < 1.29 is 9.53 Å². The van der Waals surface area contributed by atoms with Gasteiger partial charge in [0.15, 0.2) is 0 Å². The van der Waals surface area contributed by atoms with Crippen LogP contribution < -0.4 is 0 Å². The Morgan fingerprint density at radius 1 is 1.60 bits per heavy atom. The van der Waals surface area contributed by atoms with Crippen molar-refractivity contribution in [3.63, 3.8) is 0 Å². The summed E-state index contributed by atoms with van der Waals surface area (Å²) in [6, 6.07) is 0. The highest BCUT2D eigenvalue weighted by atomic mass is 16.5. The number of morpholine rings is 1. The predicted molar refractivity (Wildman–Crippen MR) is 53.3 cm³/mol. The van der Waals surface area contributed by atoms with Gasteiger partial charge >= 0.3 is 0 Å². The molecule has 1 aliphatic heterocycles. The standard InChI is InChI=1S/C10H13N3O2/c1-8-7-13(4-5-15-8)10(14)9-6-11-2-3-12-9/h2-3,6,8H,4-5,7H2,1H3/t8-/m1/s1. The molecule has 15 heavy (non-hydrogen) atoms. The molecule has 5 nitrogen and oxygen atoms in total. The second-order valence-electron chi connectivity index (χ2n) is 3.52. The molecular weight excluding hydrogens is 194 g/mol. The summed E-state index contributed by atoms with van der Waals surface area (Å²) in [6.45, 7) is 3.79. The molecule has 1 atom stereocenters. The van der Waals surface area contributed by atoms with Crippen molar-refractivity contribution in [2.75, 3.05) is 19.7 Å². The van der Waals surface area contributed by atoms with Crippen molar-refractivity contribution in [1.29, 1.82) is 0 Å². The van der Waals surface area contributed by atoms with Crippen LogP contribution in [0.4, 0.5) is 0 Å². The van der Waals surface area contributed by atoms with Gasteiger partial charge in [-0.05, 0) is 6.92 Å². The van der Waals surface area contributed by atoms with E-state index < -0.39 is 0 Å². The molecule has 2 rings (SSSR count). The van der Waals surface area contributed by atoms with Gasteiger partial charge in [0.1, 0.15) is 5.69 Å². The zero-order chi connectivity index (χ0) is 10.7. The van der Waals surface area contributed by atoms with Gasteiger partial charge in [-0.25, -0.2) is 4.98 Å². The van der Waals surface area contributed by atoms with Crippen LogP contribution in [0, 0.1) is 0 Å². The third-order valence-corrected chi connectivity index (χ3v) is 2.31. The Hall–Kier alpha value is -1.49. The van der Waals surface area contributed by atoms with Gasteiger partial charge in [-0.1, -0.05) is 0 Å². The van der Waals surface area contributed by atoms with Gasteiger partial charge < -0.3 is 9.64 Å². The number of carbonyl (C=O) groups excluding carboxylic acids is 1. The summed E-state index contributed by atoms with van der Waals surface area (Å²) in [4.78, 5) is 21.5. The van der Waals surface area contributed by atoms with Crippen LogP contribution >= 0.6 is 0 Å². The second-order valence-corrected chi connectivity index (χ2v) is 3.52. The maximum absolute atomic E-state index is 11.9. The minimum atomic E-state index is -0.0711. The topological polar surface area (TPSA) is 55.3 Å². The summed E-state index contributed by atoms with van der Waals surface area (Å²) in [5.74, 6) is -0.0711. The van der Waals surface area contributed by atoms with Crippen molar-refractivity contribution in [3.8, 4) is 0 Å². The highest BCUT2D eigenvalue weighted by Crippen LogP contribution is 2.07. The van der Waals surface area contributed by atoms with Crippen LogP contribution in [0.2, 0.25) is 0 Å². The van der Waals surface area contributed by atoms with Crippen molar-refractivity contribution >= 4 is 5.91 Å². The zero-order valence-corrected chi connectivity index (χ0v) is 8.59. The Morgan fingerprint density at radius 3 is 3.13 bits per heavy atom. The fourth-order valence-electron chi connectivity index (χ4n) is 1.57. The Kier molecular flexibility index (Phi) is 2.91. The van der Waals surface area contributed by atoms with E-state index in [1.54, 1.807) is 11.1 Å². The highest BCUT2D eigenvalue weighted by molar-refractivity contribution is 5.92. The normalized spacial score (nSPS) is 21.4. The number of carbonyl (C=O) groups is 1. The van der Waals surface area contributed by atoms with Gasteiger partial charge in [-0.2, -0.15) is 0 Å². The molecule has 0 saturated carbocycles. The first-order chi connectivity index (χ1) is 7.27. The Balaban J connectivity index is 2.08. The van der Waals surface area contributed by atoms with Crippen molar-refractivity contribution in [2.24, 2.45) is 0 Å². The summed E-state index contributed by atoms with van der Waals surface area (Å²) in [6.07, 6.45) is 4.66. The van der Waals surface area contributed by atoms with E-state index in [1.807, 2.05) is 6.92 Å². The molecule has 0 N–H and O–H groups in total. The molecule has 0 spiro atoms. The van der Waals surface area contributed by atoms with E-state index in [0.717, 1.165) is 0 Å². The number of amides is 1. The average Bonchev–Trinajstić information content (AvgIpc) is 2.29. The fourth-order valence-corrected chi connectivity index (χ4v) is 1.57. The SMILES string of the molecule is C[C@@H]1CN(C(=O)c2cnccn2)CCO1. The lowest BCUT2D eigenvalue weighted by molar-refractivity contribution is -0.0126. The molecule has 0 bridgehead atoms. The molecule has 0 unspecified atom stereocenters. The van der Waals surface area contributed by atoms with Crippen LogP contribution in [0.15, 0.2) is 18.6 Å². The van der Waals surface area contributed by atoms with Crippen molar-refractivity contribution in [3.05, 3.63) is 24.3 Å². The molecule has 80 valence electrons. The van der Waals surface area contributed by atoms with E-state index in [4.69, 9.17) is 4.74 Å². The van der Waals surface area contributed by atoms with Crippen LogP contribution in [-0.2, 0) is 4.74 Å². The van der Waals surface area contributed by atoms with Crippen LogP contribution in [-0.4, -0.2) is 46.6 Å². The van der Waals surface area contributed by atoms with Gasteiger partial charge in [0.2, 0.25) is 0 Å². The first-order valence-electron chi connectivity index (χ1n) is 4.94. The van der Waals surface area contributed by atoms with Gasteiger partial charge in [-0.15, -0.1) is 0 Å². The summed E-state index contributed by atoms with van der Waals surface area (Å²) < 4.78 is 5.36. The fraction of sp³-hybridized carbons (Fsp3) is 0.500. The van der Waals surface area contributed by atoms with E-state index in [2.05, 4.69) is 9.97 Å². The lowest BCUT2D eigenvalue weighted by Gasteiger charge is -2.30. The number of rotatable bonds is 1. The molecule has 2 heterocycles. The number of hydrogen-bond acceptors (Lipinski definition) is 4. The summed E-state index contributed by atoms with van der Waals surface area (Å²) in [5.41, 5.74) is 0.395. The van der Waals surface area contributed by atoms with E-state index in [-0.39, 0.29) is 12.0 Å². The minimum absolute atomic E-state index is 0.0711. The lowest BCUT2D eigenvalue weighted by atomic mass is 10.2. The second kappa shape index (κ2) is 4.35. The first-order valence-corrected chi connectivity index (χ1v) is 4.94. The quantitative estimate of drug-likeness (QED) is 0.666. The summed E-state index contributed by atoms with van der Waals surface area (Å²) in [7, 11) is 0. The summed E-state index contributed by atoms with van der Waals surface area (Å²) >= 11 is 0. The van der Waals surface area contributed by atoms with Crippen LogP contribution in [0.3, 0.4) is 0 Å². The van der Waals surface area contributed by atoms with Crippen LogP contribution in [0.5, 0.6) is 0 Å². The van der Waals surface area contributed by atoms with Gasteiger partial charge in [-0.3, -0.25) is 9.78 Å². The lowest BCUT2D eigenvalue weighted by Crippen LogP contribution is -2.44. The molecule has 5 heteroatoms. The molecule has 1 aromatic heterocycles. The Labute approximate surface area is 88.1 Å². The average molecular weight is 207 g/mol. The van der Waals surface area contributed by atoms with E-state index in [1.165, 1.54) is 12.4 Å². The largest absolute Gasteiger partial charge is 0.375 e. The maximum Gasteiger partial charge on any atom is 0.274 e. The molecule has 0 aliphatic carbocycles. The molecule has 0 radical (unpaired) electrons. The molecule has 1 saturated heterocycles. The highest BCUT2D eigenvalue weighted by Gasteiger charge is 2.23. The van der Waals surface area contributed by atoms with E-state index in [9.17, 15) is 4.79 Å². The molecule has 1 fully saturated rings. The smallest absolute Gasteiger partial charge is 0.274 e. The van der Waals surface area contributed by atoms with Crippen LogP contribution in [0.25, 0.3) is 0 Å². The molecular formula is C10H13N3O2. The first kappa shape index (κ1) is 10.0. The molecule has 1 amide bonds. The van der Waals surface area contributed by atoms with E-state index in [0.29, 0.717) is 25.4 Å². The van der Waals surface area contributed by atoms with Gasteiger partial charge in [0.05, 0.1) is 18.9 Å².